The standard InChI is InChI=1S/C13H17NO4S/c1-7-6-8(4-5-9(7)19(14,17)18)10-11(12(15)16)13(10,2)3/h4-6,10-11H,1-3H3,(H,15,16)(H2,14,17,18). The van der Waals surface area contributed by atoms with E-state index >= 15 is 0 Å². The van der Waals surface area contributed by atoms with Gasteiger partial charge in [0.25, 0.3) is 0 Å². The number of carboxylic acids is 1. The number of hydrogen-bond donors (Lipinski definition) is 2. The van der Waals surface area contributed by atoms with Crippen molar-refractivity contribution < 1.29 is 18.3 Å². The number of aliphatic carboxylic acids is 1. The topological polar surface area (TPSA) is 97.5 Å². The van der Waals surface area contributed by atoms with Gasteiger partial charge in [-0.25, -0.2) is 13.6 Å². The molecule has 1 saturated carbocycles. The number of benzene rings is 1. The third-order valence-corrected chi connectivity index (χ3v) is 5.03. The highest BCUT2D eigenvalue weighted by atomic mass is 32.2. The normalized spacial score (nSPS) is 25.1. The van der Waals surface area contributed by atoms with Crippen LogP contribution < -0.4 is 5.14 Å². The Bertz CT molecular complexity index is 649. The maximum atomic E-state index is 11.3. The van der Waals surface area contributed by atoms with Gasteiger partial charge in [0.15, 0.2) is 0 Å². The van der Waals surface area contributed by atoms with Crippen molar-refractivity contribution in [2.45, 2.75) is 31.6 Å². The van der Waals surface area contributed by atoms with Crippen molar-refractivity contribution in [1.82, 2.24) is 0 Å². The summed E-state index contributed by atoms with van der Waals surface area (Å²) in [5.41, 5.74) is 1.09. The van der Waals surface area contributed by atoms with Crippen molar-refractivity contribution in [2.24, 2.45) is 16.5 Å². The third-order valence-electron chi connectivity index (χ3n) is 3.96. The minimum Gasteiger partial charge on any atom is -0.481 e. The van der Waals surface area contributed by atoms with Gasteiger partial charge in [0, 0.05) is 5.92 Å². The molecule has 19 heavy (non-hydrogen) atoms. The molecule has 0 spiro atoms. The van der Waals surface area contributed by atoms with Crippen LogP contribution in [0.15, 0.2) is 23.1 Å². The first-order valence-electron chi connectivity index (χ1n) is 5.93. The van der Waals surface area contributed by atoms with Gasteiger partial charge in [-0.05, 0) is 29.5 Å². The van der Waals surface area contributed by atoms with Gasteiger partial charge in [-0.1, -0.05) is 26.0 Å². The molecular formula is C13H17NO4S. The predicted octanol–water partition coefficient (Wildman–Crippen LogP) is 1.47. The zero-order valence-corrected chi connectivity index (χ0v) is 11.9. The fourth-order valence-corrected chi connectivity index (χ4v) is 3.67. The van der Waals surface area contributed by atoms with Crippen molar-refractivity contribution in [3.8, 4) is 0 Å². The van der Waals surface area contributed by atoms with E-state index in [0.29, 0.717) is 5.56 Å². The SMILES string of the molecule is Cc1cc(C2C(C(=O)O)C2(C)C)ccc1S(N)(=O)=O. The molecule has 0 amide bonds. The Hall–Kier alpha value is -1.40. The molecule has 0 radical (unpaired) electrons. The van der Waals surface area contributed by atoms with Crippen LogP contribution >= 0.6 is 0 Å². The Labute approximate surface area is 112 Å². The lowest BCUT2D eigenvalue weighted by atomic mass is 10.0. The molecule has 1 fully saturated rings. The monoisotopic (exact) mass is 283 g/mol. The largest absolute Gasteiger partial charge is 0.481 e. The minimum atomic E-state index is -3.73. The van der Waals surface area contributed by atoms with E-state index in [1.165, 1.54) is 6.07 Å². The van der Waals surface area contributed by atoms with Crippen LogP contribution in [0.3, 0.4) is 0 Å². The first-order valence-corrected chi connectivity index (χ1v) is 7.47. The highest BCUT2D eigenvalue weighted by molar-refractivity contribution is 7.89. The molecular weight excluding hydrogens is 266 g/mol. The molecule has 2 atom stereocenters. The van der Waals surface area contributed by atoms with Crippen LogP contribution in [0.2, 0.25) is 0 Å². The Morgan fingerprint density at radius 3 is 2.32 bits per heavy atom. The quantitative estimate of drug-likeness (QED) is 0.877. The maximum absolute atomic E-state index is 11.3. The number of nitrogens with two attached hydrogens (primary N) is 1. The Kier molecular flexibility index (Phi) is 2.98. The summed E-state index contributed by atoms with van der Waals surface area (Å²) in [5, 5.41) is 14.3. The van der Waals surface area contributed by atoms with E-state index in [9.17, 15) is 13.2 Å². The Morgan fingerprint density at radius 2 is 1.95 bits per heavy atom. The second-order valence-corrected chi connectivity index (χ2v) is 7.21. The molecule has 3 N–H and O–H groups in total. The summed E-state index contributed by atoms with van der Waals surface area (Å²) in [6.07, 6.45) is 0. The summed E-state index contributed by atoms with van der Waals surface area (Å²) in [7, 11) is -3.73. The minimum absolute atomic E-state index is 0.0848. The summed E-state index contributed by atoms with van der Waals surface area (Å²) in [6.45, 7) is 5.47. The molecule has 0 aliphatic heterocycles. The van der Waals surface area contributed by atoms with Crippen LogP contribution in [0.4, 0.5) is 0 Å². The van der Waals surface area contributed by atoms with E-state index in [2.05, 4.69) is 0 Å². The molecule has 2 unspecified atom stereocenters. The van der Waals surface area contributed by atoms with E-state index in [1.54, 1.807) is 19.1 Å². The van der Waals surface area contributed by atoms with Gasteiger partial charge in [-0.3, -0.25) is 4.79 Å². The summed E-state index contributed by atoms with van der Waals surface area (Å²) in [6, 6.07) is 4.82. The smallest absolute Gasteiger partial charge is 0.307 e. The number of aryl methyl sites for hydroxylation is 1. The van der Waals surface area contributed by atoms with Crippen LogP contribution in [0.25, 0.3) is 0 Å². The molecule has 2 rings (SSSR count). The lowest BCUT2D eigenvalue weighted by molar-refractivity contribution is -0.139. The maximum Gasteiger partial charge on any atom is 0.307 e. The predicted molar refractivity (Wildman–Crippen MR) is 70.2 cm³/mol. The van der Waals surface area contributed by atoms with E-state index in [-0.39, 0.29) is 16.2 Å². The van der Waals surface area contributed by atoms with E-state index < -0.39 is 21.9 Å². The number of carbonyl (C=O) groups is 1. The second-order valence-electron chi connectivity index (χ2n) is 5.68. The van der Waals surface area contributed by atoms with Crippen molar-refractivity contribution >= 4 is 16.0 Å². The number of rotatable bonds is 3. The number of carboxylic acid groups (broad SMARTS) is 1. The van der Waals surface area contributed by atoms with Gasteiger partial charge in [0.2, 0.25) is 10.0 Å². The van der Waals surface area contributed by atoms with Crippen molar-refractivity contribution in [1.29, 1.82) is 0 Å². The molecule has 5 nitrogen and oxygen atoms in total. The average molecular weight is 283 g/mol. The summed E-state index contributed by atoms with van der Waals surface area (Å²) in [4.78, 5) is 11.2. The molecule has 0 aromatic heterocycles. The van der Waals surface area contributed by atoms with Crippen LogP contribution in [0, 0.1) is 18.3 Å². The Morgan fingerprint density at radius 1 is 1.37 bits per heavy atom. The molecule has 0 saturated heterocycles. The van der Waals surface area contributed by atoms with Crippen molar-refractivity contribution in [2.75, 3.05) is 0 Å². The summed E-state index contributed by atoms with van der Waals surface area (Å²) in [5.74, 6) is -1.33. The lowest BCUT2D eigenvalue weighted by Crippen LogP contribution is -2.13. The molecule has 0 bridgehead atoms. The third kappa shape index (κ3) is 2.26. The lowest BCUT2D eigenvalue weighted by Gasteiger charge is -2.07. The first kappa shape index (κ1) is 14.0. The number of primary sulfonamides is 1. The average Bonchev–Trinajstić information content (AvgIpc) is 2.79. The van der Waals surface area contributed by atoms with E-state index in [4.69, 9.17) is 10.2 Å². The second kappa shape index (κ2) is 4.05. The zero-order valence-electron chi connectivity index (χ0n) is 11.0. The molecule has 1 aromatic rings. The highest BCUT2D eigenvalue weighted by Gasteiger charge is 2.62. The van der Waals surface area contributed by atoms with Gasteiger partial charge in [-0.15, -0.1) is 0 Å². The highest BCUT2D eigenvalue weighted by Crippen LogP contribution is 2.64. The molecule has 1 aliphatic rings. The van der Waals surface area contributed by atoms with E-state index in [0.717, 1.165) is 5.56 Å². The fraction of sp³-hybridized carbons (Fsp3) is 0.462. The van der Waals surface area contributed by atoms with Gasteiger partial charge < -0.3 is 5.11 Å². The van der Waals surface area contributed by atoms with Crippen LogP contribution in [-0.4, -0.2) is 19.5 Å². The van der Waals surface area contributed by atoms with Gasteiger partial charge in [0.1, 0.15) is 0 Å². The van der Waals surface area contributed by atoms with Gasteiger partial charge >= 0.3 is 5.97 Å². The van der Waals surface area contributed by atoms with Gasteiger partial charge in [-0.2, -0.15) is 0 Å². The first-order chi connectivity index (χ1) is 8.56. The van der Waals surface area contributed by atoms with Crippen molar-refractivity contribution in [3.05, 3.63) is 29.3 Å². The zero-order chi connectivity index (χ0) is 14.6. The molecule has 104 valence electrons. The fourth-order valence-electron chi connectivity index (χ4n) is 2.91. The van der Waals surface area contributed by atoms with Crippen LogP contribution in [-0.2, 0) is 14.8 Å². The van der Waals surface area contributed by atoms with E-state index in [1.807, 2.05) is 13.8 Å². The summed E-state index contributed by atoms with van der Waals surface area (Å²) >= 11 is 0. The molecule has 1 aliphatic carbocycles. The number of sulfonamides is 1. The van der Waals surface area contributed by atoms with Crippen LogP contribution in [0.5, 0.6) is 0 Å². The molecule has 0 heterocycles. The molecule has 1 aromatic carbocycles. The summed E-state index contributed by atoms with van der Waals surface area (Å²) < 4.78 is 22.7. The molecule has 6 heteroatoms. The Balaban J connectivity index is 2.41. The van der Waals surface area contributed by atoms with Gasteiger partial charge in [0.05, 0.1) is 10.8 Å². The van der Waals surface area contributed by atoms with Crippen LogP contribution in [0.1, 0.15) is 30.9 Å². The van der Waals surface area contributed by atoms with Crippen molar-refractivity contribution in [3.63, 3.8) is 0 Å². The number of hydrogen-bond acceptors (Lipinski definition) is 3.